The Balaban J connectivity index is 1.78. The highest BCUT2D eigenvalue weighted by Crippen LogP contribution is 2.17. The Morgan fingerprint density at radius 3 is 2.78 bits per heavy atom. The van der Waals surface area contributed by atoms with E-state index in [-0.39, 0.29) is 5.97 Å². The number of nitrogens with zero attached hydrogens (tertiary/aromatic N) is 1. The van der Waals surface area contributed by atoms with Gasteiger partial charge in [0.05, 0.1) is 12.7 Å². The van der Waals surface area contributed by atoms with Gasteiger partial charge in [-0.2, -0.15) is 0 Å². The van der Waals surface area contributed by atoms with Crippen LogP contribution in [0.2, 0.25) is 0 Å². The summed E-state index contributed by atoms with van der Waals surface area (Å²) in [5.74, 6) is -0.349. The van der Waals surface area contributed by atoms with Gasteiger partial charge in [-0.25, -0.2) is 4.79 Å². The number of nitrogens with one attached hydrogen (secondary N) is 2. The Morgan fingerprint density at radius 2 is 2.09 bits per heavy atom. The van der Waals surface area contributed by atoms with Crippen molar-refractivity contribution in [1.82, 2.24) is 10.2 Å². The number of likely N-dealkylation sites (tertiary alicyclic amines) is 1. The van der Waals surface area contributed by atoms with Crippen LogP contribution < -0.4 is 10.6 Å². The minimum absolute atomic E-state index is 0.349. The summed E-state index contributed by atoms with van der Waals surface area (Å²) in [4.78, 5) is 14.1. The molecule has 1 aromatic rings. The van der Waals surface area contributed by atoms with Crippen molar-refractivity contribution in [3.8, 4) is 0 Å². The Hall–Kier alpha value is -1.66. The SMILES string of the molecule is COC(=O)c1ccc(C)c(NC(=S)NCCCN2CCCC2)c1. The zero-order valence-electron chi connectivity index (χ0n) is 13.9. The number of rotatable bonds is 6. The fourth-order valence-corrected chi connectivity index (χ4v) is 2.89. The van der Waals surface area contributed by atoms with Gasteiger partial charge in [-0.1, -0.05) is 6.07 Å². The standard InChI is InChI=1S/C17H25N3O2S/c1-13-6-7-14(16(21)22-2)12-15(13)19-17(23)18-8-5-11-20-9-3-4-10-20/h6-7,12H,3-5,8-11H2,1-2H3,(H2,18,19,23). The number of thiocarbonyl (C=S) groups is 1. The molecule has 126 valence electrons. The van der Waals surface area contributed by atoms with E-state index in [9.17, 15) is 4.79 Å². The first-order valence-corrected chi connectivity index (χ1v) is 8.47. The smallest absolute Gasteiger partial charge is 0.337 e. The maximum atomic E-state index is 11.6. The molecule has 1 aromatic carbocycles. The fourth-order valence-electron chi connectivity index (χ4n) is 2.68. The molecule has 0 aliphatic carbocycles. The molecule has 0 atom stereocenters. The largest absolute Gasteiger partial charge is 0.465 e. The van der Waals surface area contributed by atoms with Gasteiger partial charge >= 0.3 is 5.97 Å². The molecule has 5 nitrogen and oxygen atoms in total. The van der Waals surface area contributed by atoms with E-state index >= 15 is 0 Å². The van der Waals surface area contributed by atoms with Gasteiger partial charge in [0.25, 0.3) is 0 Å². The Morgan fingerprint density at radius 1 is 1.35 bits per heavy atom. The topological polar surface area (TPSA) is 53.6 Å². The zero-order chi connectivity index (χ0) is 16.7. The number of methoxy groups -OCH3 is 1. The van der Waals surface area contributed by atoms with E-state index in [0.717, 1.165) is 30.8 Å². The van der Waals surface area contributed by atoms with Gasteiger partial charge in [-0.05, 0) is 75.7 Å². The van der Waals surface area contributed by atoms with Gasteiger partial charge < -0.3 is 20.3 Å². The van der Waals surface area contributed by atoms with Crippen molar-refractivity contribution in [2.75, 3.05) is 38.6 Å². The highest BCUT2D eigenvalue weighted by Gasteiger charge is 2.11. The third-order valence-electron chi connectivity index (χ3n) is 4.04. The van der Waals surface area contributed by atoms with Gasteiger partial charge in [-0.3, -0.25) is 0 Å². The molecule has 1 fully saturated rings. The summed E-state index contributed by atoms with van der Waals surface area (Å²) in [6.45, 7) is 6.38. The van der Waals surface area contributed by atoms with E-state index in [0.29, 0.717) is 10.7 Å². The Kier molecular flexibility index (Phi) is 6.80. The lowest BCUT2D eigenvalue weighted by molar-refractivity contribution is 0.0601. The van der Waals surface area contributed by atoms with Crippen LogP contribution in [-0.4, -0.2) is 49.3 Å². The van der Waals surface area contributed by atoms with Gasteiger partial charge in [-0.15, -0.1) is 0 Å². The highest BCUT2D eigenvalue weighted by atomic mass is 32.1. The monoisotopic (exact) mass is 335 g/mol. The Bertz CT molecular complexity index is 557. The number of carbonyl (C=O) groups is 1. The minimum atomic E-state index is -0.349. The molecule has 6 heteroatoms. The molecule has 1 saturated heterocycles. The van der Waals surface area contributed by atoms with Crippen LogP contribution in [0, 0.1) is 6.92 Å². The maximum absolute atomic E-state index is 11.6. The minimum Gasteiger partial charge on any atom is -0.465 e. The molecule has 0 amide bonds. The third-order valence-corrected chi connectivity index (χ3v) is 4.29. The molecule has 1 aliphatic rings. The fraction of sp³-hybridized carbons (Fsp3) is 0.529. The summed E-state index contributed by atoms with van der Waals surface area (Å²) < 4.78 is 4.74. The molecular formula is C17H25N3O2S. The summed E-state index contributed by atoms with van der Waals surface area (Å²) in [7, 11) is 1.38. The summed E-state index contributed by atoms with van der Waals surface area (Å²) >= 11 is 5.33. The van der Waals surface area contributed by atoms with Crippen LogP contribution in [-0.2, 0) is 4.74 Å². The molecule has 1 aliphatic heterocycles. The van der Waals surface area contributed by atoms with Crippen molar-refractivity contribution < 1.29 is 9.53 Å². The van der Waals surface area contributed by atoms with Crippen LogP contribution in [0.25, 0.3) is 0 Å². The number of aryl methyl sites for hydroxylation is 1. The summed E-state index contributed by atoms with van der Waals surface area (Å²) in [6, 6.07) is 5.39. The van der Waals surface area contributed by atoms with Gasteiger partial charge in [0.1, 0.15) is 0 Å². The quantitative estimate of drug-likeness (QED) is 0.473. The predicted octanol–water partition coefficient (Wildman–Crippen LogP) is 2.55. The summed E-state index contributed by atoms with van der Waals surface area (Å²) in [5.41, 5.74) is 2.36. The zero-order valence-corrected chi connectivity index (χ0v) is 14.7. The lowest BCUT2D eigenvalue weighted by Crippen LogP contribution is -2.32. The van der Waals surface area contributed by atoms with Crippen LogP contribution in [0.3, 0.4) is 0 Å². The number of benzene rings is 1. The average Bonchev–Trinajstić information content (AvgIpc) is 3.06. The molecule has 0 unspecified atom stereocenters. The van der Waals surface area contributed by atoms with Crippen LogP contribution in [0.4, 0.5) is 5.69 Å². The number of anilines is 1. The average molecular weight is 335 g/mol. The summed E-state index contributed by atoms with van der Waals surface area (Å²) in [5, 5.41) is 6.96. The second kappa shape index (κ2) is 8.84. The number of ether oxygens (including phenoxy) is 1. The number of esters is 1. The van der Waals surface area contributed by atoms with Crippen molar-refractivity contribution >= 4 is 29.0 Å². The molecule has 23 heavy (non-hydrogen) atoms. The van der Waals surface area contributed by atoms with Gasteiger partial charge in [0, 0.05) is 12.2 Å². The maximum Gasteiger partial charge on any atom is 0.337 e. The van der Waals surface area contributed by atoms with E-state index in [1.807, 2.05) is 13.0 Å². The molecule has 1 heterocycles. The van der Waals surface area contributed by atoms with Crippen LogP contribution in [0.15, 0.2) is 18.2 Å². The van der Waals surface area contributed by atoms with E-state index in [2.05, 4.69) is 15.5 Å². The second-order valence-electron chi connectivity index (χ2n) is 5.80. The molecule has 0 aromatic heterocycles. The van der Waals surface area contributed by atoms with Gasteiger partial charge in [0.2, 0.25) is 0 Å². The van der Waals surface area contributed by atoms with Crippen LogP contribution in [0.1, 0.15) is 35.2 Å². The van der Waals surface area contributed by atoms with E-state index in [4.69, 9.17) is 17.0 Å². The first kappa shape index (κ1) is 17.7. The van der Waals surface area contributed by atoms with Crippen molar-refractivity contribution in [1.29, 1.82) is 0 Å². The predicted molar refractivity (Wildman–Crippen MR) is 97.0 cm³/mol. The Labute approximate surface area is 143 Å². The molecular weight excluding hydrogens is 310 g/mol. The first-order valence-electron chi connectivity index (χ1n) is 8.06. The number of hydrogen-bond acceptors (Lipinski definition) is 4. The molecule has 2 N–H and O–H groups in total. The lowest BCUT2D eigenvalue weighted by atomic mass is 10.1. The van der Waals surface area contributed by atoms with E-state index < -0.39 is 0 Å². The van der Waals surface area contributed by atoms with E-state index in [1.54, 1.807) is 12.1 Å². The van der Waals surface area contributed by atoms with Crippen LogP contribution >= 0.6 is 12.2 Å². The van der Waals surface area contributed by atoms with Crippen molar-refractivity contribution in [2.24, 2.45) is 0 Å². The molecule has 0 spiro atoms. The molecule has 0 radical (unpaired) electrons. The van der Waals surface area contributed by atoms with Crippen molar-refractivity contribution in [3.63, 3.8) is 0 Å². The van der Waals surface area contributed by atoms with Crippen molar-refractivity contribution in [2.45, 2.75) is 26.2 Å². The number of carbonyl (C=O) groups excluding carboxylic acids is 1. The second-order valence-corrected chi connectivity index (χ2v) is 6.21. The third kappa shape index (κ3) is 5.48. The molecule has 0 bridgehead atoms. The van der Waals surface area contributed by atoms with Gasteiger partial charge in [0.15, 0.2) is 5.11 Å². The van der Waals surface area contributed by atoms with Crippen LogP contribution in [0.5, 0.6) is 0 Å². The summed E-state index contributed by atoms with van der Waals surface area (Å²) in [6.07, 6.45) is 3.72. The van der Waals surface area contributed by atoms with Crippen molar-refractivity contribution in [3.05, 3.63) is 29.3 Å². The van der Waals surface area contributed by atoms with E-state index in [1.165, 1.54) is 33.0 Å². The molecule has 2 rings (SSSR count). The normalized spacial score (nSPS) is 14.5. The number of hydrogen-bond donors (Lipinski definition) is 2. The highest BCUT2D eigenvalue weighted by molar-refractivity contribution is 7.80. The first-order chi connectivity index (χ1) is 11.1. The molecule has 0 saturated carbocycles. The lowest BCUT2D eigenvalue weighted by Gasteiger charge is -2.16.